The second-order valence-corrected chi connectivity index (χ2v) is 7.63. The van der Waals surface area contributed by atoms with E-state index < -0.39 is 5.60 Å². The summed E-state index contributed by atoms with van der Waals surface area (Å²) in [4.78, 5) is 18.1. The number of aromatic nitrogens is 1. The van der Waals surface area contributed by atoms with Crippen LogP contribution in [-0.4, -0.2) is 60.0 Å². The Bertz CT molecular complexity index is 571. The Morgan fingerprint density at radius 1 is 1.52 bits per heavy atom. The van der Waals surface area contributed by atoms with Gasteiger partial charge in [-0.2, -0.15) is 0 Å². The van der Waals surface area contributed by atoms with E-state index in [-0.39, 0.29) is 18.2 Å². The average Bonchev–Trinajstić information content (AvgIpc) is 2.55. The van der Waals surface area contributed by atoms with E-state index in [2.05, 4.69) is 30.2 Å². The zero-order chi connectivity index (χ0) is 18.4. The molecule has 0 radical (unpaired) electrons. The number of morpholine rings is 1. The number of amides is 1. The largest absolute Gasteiger partial charge is 0.444 e. The van der Waals surface area contributed by atoms with Gasteiger partial charge < -0.3 is 19.7 Å². The molecule has 0 spiro atoms. The highest BCUT2D eigenvalue weighted by molar-refractivity contribution is 5.68. The van der Waals surface area contributed by atoms with Gasteiger partial charge in [-0.3, -0.25) is 4.98 Å². The second kappa shape index (κ2) is 8.63. The van der Waals surface area contributed by atoms with E-state index >= 15 is 0 Å². The molecule has 0 bridgehead atoms. The van der Waals surface area contributed by atoms with E-state index in [1.165, 1.54) is 11.1 Å². The quantitative estimate of drug-likeness (QED) is 0.885. The zero-order valence-electron chi connectivity index (χ0n) is 16.0. The molecule has 1 aliphatic heterocycles. The number of ether oxygens (including phenoxy) is 2. The van der Waals surface area contributed by atoms with Crippen LogP contribution in [0.4, 0.5) is 4.79 Å². The van der Waals surface area contributed by atoms with Crippen LogP contribution in [0.5, 0.6) is 0 Å². The lowest BCUT2D eigenvalue weighted by molar-refractivity contribution is -0.0524. The minimum absolute atomic E-state index is 0.0280. The van der Waals surface area contributed by atoms with Crippen LogP contribution in [0.25, 0.3) is 0 Å². The highest BCUT2D eigenvalue weighted by Crippen LogP contribution is 2.15. The first kappa shape index (κ1) is 19.7. The number of aryl methyl sites for hydroxylation is 1. The summed E-state index contributed by atoms with van der Waals surface area (Å²) in [6.45, 7) is 12.4. The molecule has 25 heavy (non-hydrogen) atoms. The van der Waals surface area contributed by atoms with Crippen molar-refractivity contribution in [3.63, 3.8) is 0 Å². The maximum atomic E-state index is 12.2. The van der Waals surface area contributed by atoms with Crippen LogP contribution >= 0.6 is 0 Å². The molecule has 2 rings (SSSR count). The van der Waals surface area contributed by atoms with Gasteiger partial charge in [-0.1, -0.05) is 0 Å². The molecule has 1 saturated heterocycles. The third-order valence-corrected chi connectivity index (χ3v) is 4.30. The standard InChI is InChI=1S/C19H31N3O3/c1-14-12-20-8-6-16(14)7-9-21-15(2)17-13-22(10-11-24-17)18(23)25-19(3,4)5/h6,8,12,15,17,21H,7,9-11,13H2,1-5H3/t15-,17-/m0/s1. The van der Waals surface area contributed by atoms with Crippen molar-refractivity contribution in [3.05, 3.63) is 29.6 Å². The fourth-order valence-electron chi connectivity index (χ4n) is 2.82. The first-order valence-corrected chi connectivity index (χ1v) is 8.98. The van der Waals surface area contributed by atoms with Gasteiger partial charge in [0.05, 0.1) is 19.3 Å². The van der Waals surface area contributed by atoms with Gasteiger partial charge in [-0.25, -0.2) is 4.79 Å². The van der Waals surface area contributed by atoms with Crippen LogP contribution < -0.4 is 5.32 Å². The van der Waals surface area contributed by atoms with Gasteiger partial charge in [-0.15, -0.1) is 0 Å². The third kappa shape index (κ3) is 6.29. The van der Waals surface area contributed by atoms with Gasteiger partial charge in [0, 0.05) is 25.0 Å². The highest BCUT2D eigenvalue weighted by atomic mass is 16.6. The molecule has 140 valence electrons. The van der Waals surface area contributed by atoms with Crippen molar-refractivity contribution in [1.29, 1.82) is 0 Å². The molecular formula is C19H31N3O3. The number of nitrogens with zero attached hydrogens (tertiary/aromatic N) is 2. The Morgan fingerprint density at radius 3 is 2.96 bits per heavy atom. The smallest absolute Gasteiger partial charge is 0.410 e. The Hall–Kier alpha value is -1.66. The Kier molecular flexibility index (Phi) is 6.79. The van der Waals surface area contributed by atoms with E-state index in [1.54, 1.807) is 4.90 Å². The van der Waals surface area contributed by atoms with Crippen molar-refractivity contribution in [3.8, 4) is 0 Å². The summed E-state index contributed by atoms with van der Waals surface area (Å²) in [7, 11) is 0. The molecule has 0 aromatic carbocycles. The second-order valence-electron chi connectivity index (χ2n) is 7.63. The molecule has 0 saturated carbocycles. The maximum Gasteiger partial charge on any atom is 0.410 e. The van der Waals surface area contributed by atoms with Crippen LogP contribution in [0.1, 0.15) is 38.8 Å². The Labute approximate surface area is 150 Å². The van der Waals surface area contributed by atoms with Gasteiger partial charge in [0.2, 0.25) is 0 Å². The lowest BCUT2D eigenvalue weighted by Gasteiger charge is -2.36. The molecule has 1 aromatic heterocycles. The first-order chi connectivity index (χ1) is 11.8. The van der Waals surface area contributed by atoms with Gasteiger partial charge in [-0.05, 0) is 64.8 Å². The number of pyridine rings is 1. The molecule has 1 amide bonds. The minimum atomic E-state index is -0.475. The number of carbonyl (C=O) groups is 1. The molecule has 2 heterocycles. The summed E-state index contributed by atoms with van der Waals surface area (Å²) in [6.07, 6.45) is 4.37. The molecule has 1 aliphatic rings. The average molecular weight is 349 g/mol. The van der Waals surface area contributed by atoms with Crippen molar-refractivity contribution in [2.24, 2.45) is 0 Å². The van der Waals surface area contributed by atoms with Crippen LogP contribution in [0, 0.1) is 6.92 Å². The number of carbonyl (C=O) groups excluding carboxylic acids is 1. The molecule has 2 atom stereocenters. The van der Waals surface area contributed by atoms with Crippen molar-refractivity contribution in [2.75, 3.05) is 26.2 Å². The van der Waals surface area contributed by atoms with Crippen LogP contribution in [-0.2, 0) is 15.9 Å². The molecule has 1 aromatic rings. The summed E-state index contributed by atoms with van der Waals surface area (Å²) in [5, 5.41) is 3.51. The van der Waals surface area contributed by atoms with E-state index in [9.17, 15) is 4.79 Å². The topological polar surface area (TPSA) is 63.7 Å². The van der Waals surface area contributed by atoms with E-state index in [0.717, 1.165) is 13.0 Å². The monoisotopic (exact) mass is 349 g/mol. The van der Waals surface area contributed by atoms with Gasteiger partial charge in [0.1, 0.15) is 5.60 Å². The maximum absolute atomic E-state index is 12.2. The molecular weight excluding hydrogens is 318 g/mol. The molecule has 0 aliphatic carbocycles. The summed E-state index contributed by atoms with van der Waals surface area (Å²) in [5.41, 5.74) is 2.04. The Morgan fingerprint density at radius 2 is 2.28 bits per heavy atom. The molecule has 6 heteroatoms. The number of nitrogens with one attached hydrogen (secondary N) is 1. The van der Waals surface area contributed by atoms with E-state index in [1.807, 2.05) is 33.2 Å². The number of rotatable bonds is 5. The van der Waals surface area contributed by atoms with Crippen LogP contribution in [0.2, 0.25) is 0 Å². The predicted octanol–water partition coefficient (Wildman–Crippen LogP) is 2.55. The summed E-state index contributed by atoms with van der Waals surface area (Å²) >= 11 is 0. The fraction of sp³-hybridized carbons (Fsp3) is 0.684. The van der Waals surface area contributed by atoms with Gasteiger partial charge in [0.25, 0.3) is 0 Å². The van der Waals surface area contributed by atoms with Crippen LogP contribution in [0.15, 0.2) is 18.5 Å². The van der Waals surface area contributed by atoms with Crippen molar-refractivity contribution < 1.29 is 14.3 Å². The van der Waals surface area contributed by atoms with Crippen molar-refractivity contribution in [1.82, 2.24) is 15.2 Å². The molecule has 6 nitrogen and oxygen atoms in total. The predicted molar refractivity (Wildman–Crippen MR) is 97.7 cm³/mol. The zero-order valence-corrected chi connectivity index (χ0v) is 16.0. The molecule has 0 unspecified atom stereocenters. The van der Waals surface area contributed by atoms with E-state index in [0.29, 0.717) is 19.7 Å². The minimum Gasteiger partial charge on any atom is -0.444 e. The van der Waals surface area contributed by atoms with E-state index in [4.69, 9.17) is 9.47 Å². The Balaban J connectivity index is 1.80. The highest BCUT2D eigenvalue weighted by Gasteiger charge is 2.30. The first-order valence-electron chi connectivity index (χ1n) is 8.98. The molecule has 1 fully saturated rings. The van der Waals surface area contributed by atoms with Crippen molar-refractivity contribution >= 4 is 6.09 Å². The number of hydrogen-bond donors (Lipinski definition) is 1. The van der Waals surface area contributed by atoms with Gasteiger partial charge >= 0.3 is 6.09 Å². The normalized spacial score (nSPS) is 19.6. The van der Waals surface area contributed by atoms with Crippen LogP contribution in [0.3, 0.4) is 0 Å². The fourth-order valence-corrected chi connectivity index (χ4v) is 2.82. The summed E-state index contributed by atoms with van der Waals surface area (Å²) in [6, 6.07) is 2.22. The van der Waals surface area contributed by atoms with Gasteiger partial charge in [0.15, 0.2) is 0 Å². The number of hydrogen-bond acceptors (Lipinski definition) is 5. The lowest BCUT2D eigenvalue weighted by atomic mass is 10.1. The lowest BCUT2D eigenvalue weighted by Crippen LogP contribution is -2.53. The summed E-state index contributed by atoms with van der Waals surface area (Å²) in [5.74, 6) is 0. The SMILES string of the molecule is Cc1cnccc1CCN[C@@H](C)[C@@H]1CN(C(=O)OC(C)(C)C)CCO1. The van der Waals surface area contributed by atoms with Crippen molar-refractivity contribution in [2.45, 2.75) is 58.8 Å². The third-order valence-electron chi connectivity index (χ3n) is 4.30. The summed E-state index contributed by atoms with van der Waals surface area (Å²) < 4.78 is 11.3. The molecule has 1 N–H and O–H groups in total.